The van der Waals surface area contributed by atoms with Crippen LogP contribution in [0.5, 0.6) is 0 Å². The second-order valence-electron chi connectivity index (χ2n) is 5.22. The molecular weight excluding hydrogens is 256 g/mol. The van der Waals surface area contributed by atoms with Gasteiger partial charge in [-0.05, 0) is 30.0 Å². The summed E-state index contributed by atoms with van der Waals surface area (Å²) in [6, 6.07) is 6.58. The van der Waals surface area contributed by atoms with E-state index in [0.717, 1.165) is 5.56 Å². The number of carbonyl (C=O) groups is 2. The van der Waals surface area contributed by atoms with E-state index in [-0.39, 0.29) is 23.4 Å². The van der Waals surface area contributed by atoms with Crippen molar-refractivity contribution in [2.45, 2.75) is 32.7 Å². The molecule has 5 heteroatoms. The molecule has 110 valence electrons. The number of amides is 1. The van der Waals surface area contributed by atoms with Crippen molar-refractivity contribution in [2.75, 3.05) is 6.54 Å². The Labute approximate surface area is 119 Å². The summed E-state index contributed by atoms with van der Waals surface area (Å²) in [6.07, 6.45) is 0.913. The Balaban J connectivity index is 2.39. The molecule has 1 aromatic carbocycles. The number of hydrogen-bond donors (Lipinski definition) is 3. The molecule has 1 aromatic rings. The van der Waals surface area contributed by atoms with Crippen molar-refractivity contribution in [1.82, 2.24) is 5.32 Å². The van der Waals surface area contributed by atoms with Crippen LogP contribution in [0.4, 0.5) is 0 Å². The first-order valence-electron chi connectivity index (χ1n) is 6.74. The van der Waals surface area contributed by atoms with Gasteiger partial charge in [0.1, 0.15) is 0 Å². The Morgan fingerprint density at radius 3 is 2.65 bits per heavy atom. The van der Waals surface area contributed by atoms with Gasteiger partial charge in [0, 0.05) is 19.0 Å². The summed E-state index contributed by atoms with van der Waals surface area (Å²) in [5.74, 6) is -0.743. The van der Waals surface area contributed by atoms with Crippen LogP contribution < -0.4 is 11.1 Å². The second kappa shape index (κ2) is 7.65. The molecule has 1 unspecified atom stereocenters. The highest BCUT2D eigenvalue weighted by Gasteiger charge is 2.12. The normalized spacial score (nSPS) is 12.2. The second-order valence-corrected chi connectivity index (χ2v) is 5.22. The van der Waals surface area contributed by atoms with E-state index in [9.17, 15) is 9.59 Å². The Hall–Kier alpha value is -1.88. The third-order valence-corrected chi connectivity index (χ3v) is 3.19. The summed E-state index contributed by atoms with van der Waals surface area (Å²) in [7, 11) is 0. The molecule has 0 spiro atoms. The van der Waals surface area contributed by atoms with Gasteiger partial charge in [-0.1, -0.05) is 26.0 Å². The Kier molecular flexibility index (Phi) is 6.18. The van der Waals surface area contributed by atoms with Gasteiger partial charge >= 0.3 is 5.97 Å². The van der Waals surface area contributed by atoms with Crippen molar-refractivity contribution in [1.29, 1.82) is 0 Å². The molecular formula is C15H22N2O3. The van der Waals surface area contributed by atoms with Crippen LogP contribution in [0.2, 0.25) is 0 Å². The summed E-state index contributed by atoms with van der Waals surface area (Å²) < 4.78 is 0. The highest BCUT2D eigenvalue weighted by Crippen LogP contribution is 2.06. The van der Waals surface area contributed by atoms with E-state index in [0.29, 0.717) is 19.4 Å². The Morgan fingerprint density at radius 2 is 2.05 bits per heavy atom. The predicted octanol–water partition coefficient (Wildman–Crippen LogP) is 1.42. The average molecular weight is 278 g/mol. The predicted molar refractivity (Wildman–Crippen MR) is 77.5 cm³/mol. The molecule has 1 atom stereocenters. The smallest absolute Gasteiger partial charge is 0.335 e. The van der Waals surface area contributed by atoms with Gasteiger partial charge in [0.05, 0.1) is 5.56 Å². The lowest BCUT2D eigenvalue weighted by Crippen LogP contribution is -2.35. The van der Waals surface area contributed by atoms with E-state index in [1.807, 2.05) is 19.9 Å². The molecule has 0 saturated carbocycles. The maximum absolute atomic E-state index is 11.6. The number of rotatable bonds is 7. The zero-order valence-electron chi connectivity index (χ0n) is 11.9. The van der Waals surface area contributed by atoms with Crippen molar-refractivity contribution in [2.24, 2.45) is 11.7 Å². The van der Waals surface area contributed by atoms with Crippen LogP contribution in [0.15, 0.2) is 24.3 Å². The number of nitrogens with one attached hydrogen (secondary N) is 1. The molecule has 4 N–H and O–H groups in total. The number of carboxylic acid groups (broad SMARTS) is 1. The van der Waals surface area contributed by atoms with Gasteiger partial charge in [-0.2, -0.15) is 0 Å². The first-order valence-corrected chi connectivity index (χ1v) is 6.74. The van der Waals surface area contributed by atoms with E-state index in [1.165, 1.54) is 0 Å². The fraction of sp³-hybridized carbons (Fsp3) is 0.467. The molecule has 0 aromatic heterocycles. The van der Waals surface area contributed by atoms with E-state index in [2.05, 4.69) is 5.32 Å². The highest BCUT2D eigenvalue weighted by molar-refractivity contribution is 5.87. The lowest BCUT2D eigenvalue weighted by molar-refractivity contribution is -0.121. The Bertz CT molecular complexity index is 472. The van der Waals surface area contributed by atoms with Crippen molar-refractivity contribution in [3.05, 3.63) is 35.4 Å². The van der Waals surface area contributed by atoms with Gasteiger partial charge in [-0.15, -0.1) is 0 Å². The lowest BCUT2D eigenvalue weighted by Gasteiger charge is -2.15. The van der Waals surface area contributed by atoms with Crippen LogP contribution in [0.1, 0.15) is 36.2 Å². The van der Waals surface area contributed by atoms with Crippen molar-refractivity contribution in [3.63, 3.8) is 0 Å². The van der Waals surface area contributed by atoms with Crippen molar-refractivity contribution in [3.8, 4) is 0 Å². The number of hydrogen-bond acceptors (Lipinski definition) is 3. The van der Waals surface area contributed by atoms with E-state index >= 15 is 0 Å². The minimum Gasteiger partial charge on any atom is -0.478 e. The molecule has 1 amide bonds. The minimum absolute atomic E-state index is 0.0689. The van der Waals surface area contributed by atoms with Crippen LogP contribution in [-0.4, -0.2) is 29.6 Å². The van der Waals surface area contributed by atoms with E-state index in [4.69, 9.17) is 10.8 Å². The summed E-state index contributed by atoms with van der Waals surface area (Å²) in [5, 5.41) is 11.7. The first-order chi connectivity index (χ1) is 9.40. The summed E-state index contributed by atoms with van der Waals surface area (Å²) in [6.45, 7) is 4.44. The van der Waals surface area contributed by atoms with Crippen LogP contribution in [0.3, 0.4) is 0 Å². The molecule has 0 fully saturated rings. The summed E-state index contributed by atoms with van der Waals surface area (Å²) in [4.78, 5) is 22.5. The fourth-order valence-corrected chi connectivity index (χ4v) is 1.73. The minimum atomic E-state index is -0.946. The van der Waals surface area contributed by atoms with Crippen molar-refractivity contribution < 1.29 is 14.7 Å². The van der Waals surface area contributed by atoms with Crippen LogP contribution in [0.25, 0.3) is 0 Å². The Morgan fingerprint density at radius 1 is 1.35 bits per heavy atom. The largest absolute Gasteiger partial charge is 0.478 e. The van der Waals surface area contributed by atoms with Crippen molar-refractivity contribution >= 4 is 11.9 Å². The quantitative estimate of drug-likeness (QED) is 0.703. The summed E-state index contributed by atoms with van der Waals surface area (Å²) >= 11 is 0. The zero-order valence-corrected chi connectivity index (χ0v) is 11.9. The maximum Gasteiger partial charge on any atom is 0.335 e. The highest BCUT2D eigenvalue weighted by atomic mass is 16.4. The van der Waals surface area contributed by atoms with Gasteiger partial charge in [0.2, 0.25) is 5.91 Å². The van der Waals surface area contributed by atoms with Crippen LogP contribution in [-0.2, 0) is 11.2 Å². The third kappa shape index (κ3) is 5.40. The number of carboxylic acids is 1. The van der Waals surface area contributed by atoms with Gasteiger partial charge in [-0.25, -0.2) is 4.79 Å². The SMILES string of the molecule is CC(C)C(N)CC(=O)NCCc1cccc(C(=O)O)c1. The van der Waals surface area contributed by atoms with E-state index in [1.54, 1.807) is 18.2 Å². The monoisotopic (exact) mass is 278 g/mol. The number of benzene rings is 1. The molecule has 5 nitrogen and oxygen atoms in total. The number of nitrogens with two attached hydrogens (primary N) is 1. The van der Waals surface area contributed by atoms with Crippen LogP contribution >= 0.6 is 0 Å². The molecule has 0 heterocycles. The molecule has 0 radical (unpaired) electrons. The van der Waals surface area contributed by atoms with Crippen LogP contribution in [0, 0.1) is 5.92 Å². The molecule has 1 rings (SSSR count). The topological polar surface area (TPSA) is 92.4 Å². The standard InChI is InChI=1S/C15H22N2O3/c1-10(2)13(16)9-14(18)17-7-6-11-4-3-5-12(8-11)15(19)20/h3-5,8,10,13H,6-7,9,16H2,1-2H3,(H,17,18)(H,19,20). The first kappa shape index (κ1) is 16.2. The summed E-state index contributed by atoms with van der Waals surface area (Å²) in [5.41, 5.74) is 6.97. The molecule has 0 aliphatic rings. The molecule has 0 bridgehead atoms. The third-order valence-electron chi connectivity index (χ3n) is 3.19. The molecule has 0 aliphatic heterocycles. The number of carbonyl (C=O) groups excluding carboxylic acids is 1. The van der Waals surface area contributed by atoms with Gasteiger partial charge < -0.3 is 16.2 Å². The molecule has 20 heavy (non-hydrogen) atoms. The van der Waals surface area contributed by atoms with Gasteiger partial charge in [-0.3, -0.25) is 4.79 Å². The molecule has 0 aliphatic carbocycles. The lowest BCUT2D eigenvalue weighted by atomic mass is 10.0. The zero-order chi connectivity index (χ0) is 15.1. The number of aromatic carboxylic acids is 1. The average Bonchev–Trinajstić information content (AvgIpc) is 2.38. The van der Waals surface area contributed by atoms with E-state index < -0.39 is 5.97 Å². The maximum atomic E-state index is 11.6. The van der Waals surface area contributed by atoms with Gasteiger partial charge in [0.15, 0.2) is 0 Å². The molecule has 0 saturated heterocycles. The van der Waals surface area contributed by atoms with Gasteiger partial charge in [0.25, 0.3) is 0 Å². The fourth-order valence-electron chi connectivity index (χ4n) is 1.73.